The van der Waals surface area contributed by atoms with Gasteiger partial charge in [-0.1, -0.05) is 13.8 Å². The van der Waals surface area contributed by atoms with Crippen LogP contribution in [0.2, 0.25) is 0 Å². The minimum atomic E-state index is -1.17. The fraction of sp³-hybridized carbons (Fsp3) is 0.857. The van der Waals surface area contributed by atoms with Crippen LogP contribution < -0.4 is 10.6 Å². The zero-order chi connectivity index (χ0) is 14.8. The number of nitrogens with one attached hydrogen (secondary N) is 2. The molecule has 0 aromatic carbocycles. The van der Waals surface area contributed by atoms with Gasteiger partial charge in [0, 0.05) is 32.6 Å². The first-order valence-corrected chi connectivity index (χ1v) is 7.27. The van der Waals surface area contributed by atoms with Crippen LogP contribution >= 0.6 is 0 Å². The summed E-state index contributed by atoms with van der Waals surface area (Å²) in [5.74, 6) is -0.927. The average Bonchev–Trinajstić information content (AvgIpc) is 2.90. The number of carbonyl (C=O) groups excluding carboxylic acids is 1. The average molecular weight is 284 g/mol. The molecule has 20 heavy (non-hydrogen) atoms. The maximum Gasteiger partial charge on any atom is 0.329 e. The van der Waals surface area contributed by atoms with Gasteiger partial charge in [0.1, 0.15) is 5.54 Å². The summed E-state index contributed by atoms with van der Waals surface area (Å²) in [5.41, 5.74) is -1.67. The second-order valence-electron chi connectivity index (χ2n) is 6.19. The molecule has 0 aromatic heterocycles. The van der Waals surface area contributed by atoms with E-state index in [0.29, 0.717) is 32.6 Å². The third-order valence-corrected chi connectivity index (χ3v) is 4.85. The molecular formula is C14H24N2O4. The summed E-state index contributed by atoms with van der Waals surface area (Å²) in [7, 11) is 0. The van der Waals surface area contributed by atoms with Crippen molar-refractivity contribution in [2.24, 2.45) is 11.3 Å². The van der Waals surface area contributed by atoms with Gasteiger partial charge in [0.05, 0.1) is 5.41 Å². The van der Waals surface area contributed by atoms with Gasteiger partial charge in [0.25, 0.3) is 0 Å². The van der Waals surface area contributed by atoms with Crippen molar-refractivity contribution < 1.29 is 19.4 Å². The number of carboxylic acid groups (broad SMARTS) is 1. The summed E-state index contributed by atoms with van der Waals surface area (Å²) >= 11 is 0. The van der Waals surface area contributed by atoms with E-state index in [0.717, 1.165) is 13.0 Å². The lowest BCUT2D eigenvalue weighted by molar-refractivity contribution is -0.154. The second kappa shape index (κ2) is 5.69. The molecule has 2 rings (SSSR count). The third kappa shape index (κ3) is 2.54. The predicted octanol–water partition coefficient (Wildman–Crippen LogP) is 0.372. The van der Waals surface area contributed by atoms with Gasteiger partial charge >= 0.3 is 5.97 Å². The van der Waals surface area contributed by atoms with Gasteiger partial charge in [-0.3, -0.25) is 4.79 Å². The normalized spacial score (nSPS) is 29.4. The summed E-state index contributed by atoms with van der Waals surface area (Å²) < 4.78 is 5.23. The Bertz CT molecular complexity index is 383. The summed E-state index contributed by atoms with van der Waals surface area (Å²) in [6.45, 7) is 6.20. The van der Waals surface area contributed by atoms with E-state index in [1.54, 1.807) is 0 Å². The second-order valence-corrected chi connectivity index (χ2v) is 6.19. The summed E-state index contributed by atoms with van der Waals surface area (Å²) in [4.78, 5) is 24.3. The Kier molecular flexibility index (Phi) is 4.34. The Morgan fingerprint density at radius 2 is 1.90 bits per heavy atom. The zero-order valence-electron chi connectivity index (χ0n) is 12.2. The van der Waals surface area contributed by atoms with E-state index in [9.17, 15) is 14.7 Å². The van der Waals surface area contributed by atoms with Crippen molar-refractivity contribution in [3.63, 3.8) is 0 Å². The number of rotatable bonds is 4. The number of carboxylic acids is 1. The van der Waals surface area contributed by atoms with Crippen molar-refractivity contribution in [1.29, 1.82) is 0 Å². The van der Waals surface area contributed by atoms with Crippen LogP contribution in [0.5, 0.6) is 0 Å². The van der Waals surface area contributed by atoms with Crippen LogP contribution in [-0.4, -0.2) is 48.8 Å². The highest BCUT2D eigenvalue weighted by atomic mass is 16.5. The molecule has 0 radical (unpaired) electrons. The van der Waals surface area contributed by atoms with Gasteiger partial charge in [0.2, 0.25) is 5.91 Å². The zero-order valence-corrected chi connectivity index (χ0v) is 12.2. The first kappa shape index (κ1) is 15.3. The number of ether oxygens (including phenoxy) is 1. The predicted molar refractivity (Wildman–Crippen MR) is 73.3 cm³/mol. The number of hydrogen-bond acceptors (Lipinski definition) is 4. The third-order valence-electron chi connectivity index (χ3n) is 4.85. The number of carbonyl (C=O) groups is 2. The van der Waals surface area contributed by atoms with Gasteiger partial charge < -0.3 is 20.5 Å². The van der Waals surface area contributed by atoms with Crippen molar-refractivity contribution in [2.45, 2.75) is 38.6 Å². The highest BCUT2D eigenvalue weighted by Crippen LogP contribution is 2.35. The molecule has 0 aromatic rings. The highest BCUT2D eigenvalue weighted by molar-refractivity contribution is 5.90. The minimum absolute atomic E-state index is 0.137. The largest absolute Gasteiger partial charge is 0.480 e. The molecule has 2 heterocycles. The molecule has 1 amide bonds. The van der Waals surface area contributed by atoms with Crippen molar-refractivity contribution in [3.8, 4) is 0 Å². The first-order valence-electron chi connectivity index (χ1n) is 7.27. The van der Waals surface area contributed by atoms with Crippen LogP contribution in [-0.2, 0) is 14.3 Å². The molecular weight excluding hydrogens is 260 g/mol. The molecule has 3 N–H and O–H groups in total. The highest BCUT2D eigenvalue weighted by Gasteiger charge is 2.49. The van der Waals surface area contributed by atoms with Crippen molar-refractivity contribution in [3.05, 3.63) is 0 Å². The number of aliphatic carboxylic acids is 1. The van der Waals surface area contributed by atoms with E-state index in [1.165, 1.54) is 0 Å². The maximum atomic E-state index is 12.7. The summed E-state index contributed by atoms with van der Waals surface area (Å²) in [5, 5.41) is 15.6. The Morgan fingerprint density at radius 3 is 2.35 bits per heavy atom. The number of hydrogen-bond donors (Lipinski definition) is 3. The smallest absolute Gasteiger partial charge is 0.329 e. The van der Waals surface area contributed by atoms with E-state index >= 15 is 0 Å². The van der Waals surface area contributed by atoms with E-state index in [2.05, 4.69) is 10.6 Å². The Labute approximate surface area is 119 Å². The lowest BCUT2D eigenvalue weighted by Gasteiger charge is -2.39. The molecule has 0 bridgehead atoms. The molecule has 0 saturated carbocycles. The van der Waals surface area contributed by atoms with E-state index in [4.69, 9.17) is 4.74 Å². The summed E-state index contributed by atoms with van der Waals surface area (Å²) in [6.07, 6.45) is 1.41. The molecule has 0 aliphatic carbocycles. The van der Waals surface area contributed by atoms with Crippen molar-refractivity contribution >= 4 is 11.9 Å². The summed E-state index contributed by atoms with van der Waals surface area (Å²) in [6, 6.07) is 0. The van der Waals surface area contributed by atoms with Crippen LogP contribution in [0.25, 0.3) is 0 Å². The van der Waals surface area contributed by atoms with Gasteiger partial charge in [-0.05, 0) is 18.9 Å². The van der Waals surface area contributed by atoms with Crippen LogP contribution in [0.4, 0.5) is 0 Å². The molecule has 0 spiro atoms. The molecule has 2 aliphatic rings. The van der Waals surface area contributed by atoms with Gasteiger partial charge in [0.15, 0.2) is 0 Å². The molecule has 2 aliphatic heterocycles. The molecule has 1 unspecified atom stereocenters. The van der Waals surface area contributed by atoms with E-state index in [-0.39, 0.29) is 11.8 Å². The number of amides is 1. The molecule has 6 heteroatoms. The molecule has 6 nitrogen and oxygen atoms in total. The quantitative estimate of drug-likeness (QED) is 0.694. The Morgan fingerprint density at radius 1 is 1.25 bits per heavy atom. The van der Waals surface area contributed by atoms with Crippen molar-refractivity contribution in [2.75, 3.05) is 26.3 Å². The van der Waals surface area contributed by atoms with Crippen LogP contribution in [0.15, 0.2) is 0 Å². The molecule has 2 saturated heterocycles. The Hall–Kier alpha value is -1.14. The first-order chi connectivity index (χ1) is 9.43. The molecule has 1 atom stereocenters. The van der Waals surface area contributed by atoms with Gasteiger partial charge in [-0.25, -0.2) is 4.79 Å². The fourth-order valence-corrected chi connectivity index (χ4v) is 3.11. The lowest BCUT2D eigenvalue weighted by Crippen LogP contribution is -2.61. The van der Waals surface area contributed by atoms with Crippen LogP contribution in [0.1, 0.15) is 33.1 Å². The Balaban J connectivity index is 2.17. The maximum absolute atomic E-state index is 12.7. The fourth-order valence-electron chi connectivity index (χ4n) is 3.11. The SMILES string of the molecule is CC(C)C1(C(=O)NC2(C(=O)O)CCOCC2)CCNC1. The lowest BCUT2D eigenvalue weighted by atomic mass is 9.74. The standard InChI is InChI=1S/C14H24N2O4/c1-10(2)13(3-6-15-9-13)11(17)16-14(12(18)19)4-7-20-8-5-14/h10,15H,3-9H2,1-2H3,(H,16,17)(H,18,19). The topological polar surface area (TPSA) is 87.7 Å². The van der Waals surface area contributed by atoms with Crippen LogP contribution in [0.3, 0.4) is 0 Å². The van der Waals surface area contributed by atoms with Crippen LogP contribution in [0, 0.1) is 11.3 Å². The molecule has 2 fully saturated rings. The van der Waals surface area contributed by atoms with E-state index < -0.39 is 16.9 Å². The monoisotopic (exact) mass is 284 g/mol. The minimum Gasteiger partial charge on any atom is -0.480 e. The van der Waals surface area contributed by atoms with E-state index in [1.807, 2.05) is 13.8 Å². The molecule has 114 valence electrons. The van der Waals surface area contributed by atoms with Crippen molar-refractivity contribution in [1.82, 2.24) is 10.6 Å². The van der Waals surface area contributed by atoms with Gasteiger partial charge in [-0.2, -0.15) is 0 Å². The van der Waals surface area contributed by atoms with Gasteiger partial charge in [-0.15, -0.1) is 0 Å².